The number of hydrogen-bond donors (Lipinski definition) is 5. The van der Waals surface area contributed by atoms with E-state index >= 15 is 0 Å². The number of aliphatic imine (C=N–C) groups is 2. The van der Waals surface area contributed by atoms with Gasteiger partial charge in [0.2, 0.25) is 0 Å². The standard InChI is InChI=1S/C27H57IN4O11P2S/c1-26(2,28)42-44(33,34)40-16-11-6-5-10-14-31-24(29)12-8-7-9-13-25(30)32-15-17-37-18-19-38-20-21-39-22-23-41-45(35,36)43-27(3,4)46/h46H,5-23H2,1-4H3,(H2,29,31)(H2,30,32)(H,33,34)(H,35,36). The zero-order chi connectivity index (χ0) is 35.0. The molecule has 0 saturated heterocycles. The zero-order valence-corrected chi connectivity index (χ0v) is 32.6. The Morgan fingerprint density at radius 1 is 0.652 bits per heavy atom. The van der Waals surface area contributed by atoms with E-state index in [0.717, 1.165) is 51.4 Å². The van der Waals surface area contributed by atoms with Crippen molar-refractivity contribution in [1.29, 1.82) is 0 Å². The predicted molar refractivity (Wildman–Crippen MR) is 192 cm³/mol. The molecule has 0 fully saturated rings. The molecule has 19 heteroatoms. The van der Waals surface area contributed by atoms with E-state index < -0.39 is 24.2 Å². The van der Waals surface area contributed by atoms with Gasteiger partial charge in [0.1, 0.15) is 8.54 Å². The van der Waals surface area contributed by atoms with E-state index in [1.807, 2.05) is 22.6 Å². The van der Waals surface area contributed by atoms with Crippen molar-refractivity contribution in [2.24, 2.45) is 21.5 Å². The Morgan fingerprint density at radius 2 is 1.09 bits per heavy atom. The van der Waals surface area contributed by atoms with Crippen LogP contribution in [0.25, 0.3) is 0 Å². The third-order valence-electron chi connectivity index (χ3n) is 5.44. The lowest BCUT2D eigenvalue weighted by Gasteiger charge is -2.21. The molecule has 0 aromatic heterocycles. The van der Waals surface area contributed by atoms with E-state index in [2.05, 4.69) is 22.6 Å². The fourth-order valence-corrected chi connectivity index (χ4v) is 6.47. The van der Waals surface area contributed by atoms with E-state index in [9.17, 15) is 18.9 Å². The highest BCUT2D eigenvalue weighted by atomic mass is 127. The number of nitrogens with zero attached hydrogens (tertiary/aromatic N) is 2. The maximum absolute atomic E-state index is 11.8. The van der Waals surface area contributed by atoms with Crippen LogP contribution in [0.2, 0.25) is 0 Å². The van der Waals surface area contributed by atoms with E-state index in [1.54, 1.807) is 13.8 Å². The van der Waals surface area contributed by atoms with Crippen molar-refractivity contribution in [3.8, 4) is 0 Å². The van der Waals surface area contributed by atoms with Gasteiger partial charge in [-0.2, -0.15) is 0 Å². The number of nitrogens with two attached hydrogens (primary N) is 2. The van der Waals surface area contributed by atoms with E-state index in [0.29, 0.717) is 64.2 Å². The molecule has 0 aromatic rings. The second-order valence-electron chi connectivity index (χ2n) is 11.2. The van der Waals surface area contributed by atoms with Gasteiger partial charge in [-0.1, -0.05) is 19.3 Å². The van der Waals surface area contributed by atoms with Gasteiger partial charge in [0.15, 0.2) is 0 Å². The molecule has 15 nitrogen and oxygen atoms in total. The van der Waals surface area contributed by atoms with Crippen molar-refractivity contribution in [2.45, 2.75) is 94.0 Å². The molecule has 46 heavy (non-hydrogen) atoms. The lowest BCUT2D eigenvalue weighted by atomic mass is 10.1. The molecule has 0 aliphatic carbocycles. The third-order valence-corrected chi connectivity index (χ3v) is 8.63. The normalized spacial score (nSPS) is 16.0. The van der Waals surface area contributed by atoms with Crippen molar-refractivity contribution in [1.82, 2.24) is 0 Å². The van der Waals surface area contributed by atoms with Crippen LogP contribution in [-0.4, -0.2) is 95.9 Å². The van der Waals surface area contributed by atoms with Crippen LogP contribution >= 0.6 is 50.9 Å². The second kappa shape index (κ2) is 26.0. The molecule has 0 spiro atoms. The molecule has 2 unspecified atom stereocenters. The summed E-state index contributed by atoms with van der Waals surface area (Å²) in [4.78, 5) is 26.8. The van der Waals surface area contributed by atoms with Crippen molar-refractivity contribution < 1.29 is 51.2 Å². The summed E-state index contributed by atoms with van der Waals surface area (Å²) in [6.07, 6.45) is 7.69. The van der Waals surface area contributed by atoms with Crippen molar-refractivity contribution in [2.75, 3.05) is 65.9 Å². The largest absolute Gasteiger partial charge is 0.473 e. The number of halogens is 1. The van der Waals surface area contributed by atoms with Crippen molar-refractivity contribution >= 4 is 62.5 Å². The Morgan fingerprint density at radius 3 is 1.63 bits per heavy atom. The summed E-state index contributed by atoms with van der Waals surface area (Å²) >= 11 is 5.95. The molecule has 0 aliphatic heterocycles. The third kappa shape index (κ3) is 34.0. The molecule has 0 rings (SSSR count). The average molecular weight is 835 g/mol. The number of rotatable bonds is 31. The van der Waals surface area contributed by atoms with Crippen LogP contribution in [0.4, 0.5) is 0 Å². The van der Waals surface area contributed by atoms with Crippen molar-refractivity contribution in [3.05, 3.63) is 0 Å². The van der Waals surface area contributed by atoms with Gasteiger partial charge < -0.3 is 35.5 Å². The van der Waals surface area contributed by atoms with Gasteiger partial charge in [-0.3, -0.25) is 28.1 Å². The minimum Gasteiger partial charge on any atom is -0.387 e. The molecule has 2 atom stereocenters. The summed E-state index contributed by atoms with van der Waals surface area (Å²) in [5.41, 5.74) is 12.0. The Bertz CT molecular complexity index is 954. The molecule has 274 valence electrons. The Kier molecular flexibility index (Phi) is 26.1. The number of phosphoric acid groups is 2. The Labute approximate surface area is 294 Å². The molecule has 0 aliphatic rings. The average Bonchev–Trinajstić information content (AvgIpc) is 2.89. The second-order valence-corrected chi connectivity index (χ2v) is 17.6. The van der Waals surface area contributed by atoms with Crippen LogP contribution in [0.3, 0.4) is 0 Å². The number of alkyl halides is 1. The van der Waals surface area contributed by atoms with Crippen LogP contribution in [0.1, 0.15) is 85.5 Å². The van der Waals surface area contributed by atoms with Crippen LogP contribution < -0.4 is 11.5 Å². The summed E-state index contributed by atoms with van der Waals surface area (Å²) in [6, 6.07) is 0. The molecular formula is C27H57IN4O11P2S. The highest BCUT2D eigenvalue weighted by molar-refractivity contribution is 14.1. The quantitative estimate of drug-likeness (QED) is 0.00870. The fourth-order valence-electron chi connectivity index (χ4n) is 3.53. The first-order chi connectivity index (χ1) is 21.4. The number of phosphoric ester groups is 2. The minimum absolute atomic E-state index is 0.0931. The van der Waals surface area contributed by atoms with Gasteiger partial charge in [0.05, 0.1) is 71.1 Å². The fraction of sp³-hybridized carbons (Fsp3) is 0.926. The highest BCUT2D eigenvalue weighted by Gasteiger charge is 2.30. The van der Waals surface area contributed by atoms with Crippen LogP contribution in [0.5, 0.6) is 0 Å². The van der Waals surface area contributed by atoms with Crippen LogP contribution in [0, 0.1) is 0 Å². The Balaban J connectivity index is 3.60. The summed E-state index contributed by atoms with van der Waals surface area (Å²) in [5, 5.41) is 0. The maximum atomic E-state index is 11.8. The Hall–Kier alpha value is 0.120. The monoisotopic (exact) mass is 834 g/mol. The van der Waals surface area contributed by atoms with E-state index in [1.165, 1.54) is 13.8 Å². The van der Waals surface area contributed by atoms with Crippen LogP contribution in [0.15, 0.2) is 9.98 Å². The summed E-state index contributed by atoms with van der Waals surface area (Å²) in [6.45, 7) is 9.73. The zero-order valence-electron chi connectivity index (χ0n) is 27.8. The molecule has 0 aromatic carbocycles. The number of amidine groups is 2. The van der Waals surface area contributed by atoms with Gasteiger partial charge in [0.25, 0.3) is 0 Å². The van der Waals surface area contributed by atoms with Gasteiger partial charge in [-0.25, -0.2) is 9.13 Å². The molecule has 0 heterocycles. The summed E-state index contributed by atoms with van der Waals surface area (Å²) in [5.74, 6) is 1.26. The predicted octanol–water partition coefficient (Wildman–Crippen LogP) is 5.37. The van der Waals surface area contributed by atoms with Gasteiger partial charge in [-0.05, 0) is 76.0 Å². The SMILES string of the molecule is CC(C)(S)OP(=O)(O)OCCOCCOCCOCCN=C(N)CCCCCC(N)=NCCCCCCOP(=O)(O)OC(C)(C)I. The first-order valence-corrected chi connectivity index (χ1v) is 20.0. The molecule has 6 N–H and O–H groups in total. The number of hydrogen-bond acceptors (Lipinski definition) is 12. The first-order valence-electron chi connectivity index (χ1n) is 15.5. The van der Waals surface area contributed by atoms with E-state index in [4.69, 9.17) is 43.8 Å². The highest BCUT2D eigenvalue weighted by Crippen LogP contribution is 2.49. The maximum Gasteiger partial charge on any atom is 0.473 e. The minimum atomic E-state index is -4.17. The van der Waals surface area contributed by atoms with Gasteiger partial charge in [0, 0.05) is 19.4 Å². The first kappa shape index (κ1) is 46.1. The lowest BCUT2D eigenvalue weighted by molar-refractivity contribution is 0.00652. The lowest BCUT2D eigenvalue weighted by Crippen LogP contribution is -2.16. The number of unbranched alkanes of at least 4 members (excludes halogenated alkanes) is 5. The molecule has 0 radical (unpaired) electrons. The van der Waals surface area contributed by atoms with Gasteiger partial charge in [-0.15, -0.1) is 12.6 Å². The summed E-state index contributed by atoms with van der Waals surface area (Å²) in [7, 11) is -8.19. The van der Waals surface area contributed by atoms with Crippen LogP contribution in [-0.2, 0) is 41.4 Å². The molecule has 0 bridgehead atoms. The topological polar surface area (TPSA) is 216 Å². The van der Waals surface area contributed by atoms with E-state index in [-0.39, 0.29) is 19.8 Å². The molecular weight excluding hydrogens is 777 g/mol. The molecule has 0 amide bonds. The molecule has 0 saturated carbocycles. The number of ether oxygens (including phenoxy) is 3. The summed E-state index contributed by atoms with van der Waals surface area (Å²) < 4.78 is 58.5. The smallest absolute Gasteiger partial charge is 0.387 e. The van der Waals surface area contributed by atoms with Crippen molar-refractivity contribution in [3.63, 3.8) is 0 Å². The number of thiol groups is 1. The van der Waals surface area contributed by atoms with Gasteiger partial charge >= 0.3 is 15.6 Å².